The second-order valence-electron chi connectivity index (χ2n) is 4.86. The highest BCUT2D eigenvalue weighted by Gasteiger charge is 2.01. The summed E-state index contributed by atoms with van der Waals surface area (Å²) in [6, 6.07) is 11.8. The lowest BCUT2D eigenvalue weighted by Crippen LogP contribution is -2.38. The molecule has 4 nitrogen and oxygen atoms in total. The third-order valence-corrected chi connectivity index (χ3v) is 3.57. The zero-order valence-corrected chi connectivity index (χ0v) is 16.3. The summed E-state index contributed by atoms with van der Waals surface area (Å²) in [5, 5.41) is 7.37. The SMILES string of the molecule is CCNC(=NCCc1ccco1)NCCc1ccccc1Cl.I. The Bertz CT molecular complexity index is 587. The maximum Gasteiger partial charge on any atom is 0.191 e. The van der Waals surface area contributed by atoms with Crippen molar-refractivity contribution in [3.63, 3.8) is 0 Å². The molecule has 0 aliphatic rings. The second-order valence-corrected chi connectivity index (χ2v) is 5.27. The maximum absolute atomic E-state index is 6.16. The minimum atomic E-state index is 0. The Hall–Kier alpha value is -1.21. The number of hydrogen-bond donors (Lipinski definition) is 2. The number of halogens is 2. The van der Waals surface area contributed by atoms with Gasteiger partial charge in [0.1, 0.15) is 5.76 Å². The number of nitrogens with zero attached hydrogens (tertiary/aromatic N) is 1. The number of furan rings is 1. The number of rotatable bonds is 7. The first kappa shape index (κ1) is 19.8. The van der Waals surface area contributed by atoms with Gasteiger partial charge in [0, 0.05) is 31.1 Å². The van der Waals surface area contributed by atoms with E-state index in [1.54, 1.807) is 6.26 Å². The first-order valence-corrected chi connectivity index (χ1v) is 7.95. The third-order valence-electron chi connectivity index (χ3n) is 3.20. The van der Waals surface area contributed by atoms with Gasteiger partial charge in [0.25, 0.3) is 0 Å². The van der Waals surface area contributed by atoms with E-state index in [1.807, 2.05) is 36.4 Å². The molecular weight excluding hydrogens is 425 g/mol. The Morgan fingerprint density at radius 3 is 2.65 bits per heavy atom. The largest absolute Gasteiger partial charge is 0.469 e. The van der Waals surface area contributed by atoms with Crippen molar-refractivity contribution in [3.8, 4) is 0 Å². The van der Waals surface area contributed by atoms with Crippen LogP contribution in [0.3, 0.4) is 0 Å². The minimum absolute atomic E-state index is 0. The second kappa shape index (κ2) is 11.3. The van der Waals surface area contributed by atoms with Crippen LogP contribution in [-0.2, 0) is 12.8 Å². The molecular formula is C17H23ClIN3O. The van der Waals surface area contributed by atoms with Crippen LogP contribution in [0.5, 0.6) is 0 Å². The van der Waals surface area contributed by atoms with Crippen LogP contribution >= 0.6 is 35.6 Å². The highest BCUT2D eigenvalue weighted by molar-refractivity contribution is 14.0. The molecule has 0 saturated heterocycles. The maximum atomic E-state index is 6.16. The number of aliphatic imine (C=N–C) groups is 1. The van der Waals surface area contributed by atoms with Crippen LogP contribution in [0, 0.1) is 0 Å². The lowest BCUT2D eigenvalue weighted by molar-refractivity contribution is 0.510. The summed E-state index contributed by atoms with van der Waals surface area (Å²) in [6.45, 7) is 4.36. The van der Waals surface area contributed by atoms with Gasteiger partial charge in [-0.15, -0.1) is 24.0 Å². The number of guanidine groups is 1. The molecule has 1 heterocycles. The summed E-state index contributed by atoms with van der Waals surface area (Å²) in [4.78, 5) is 4.54. The van der Waals surface area contributed by atoms with Crippen LogP contribution in [0.25, 0.3) is 0 Å². The lowest BCUT2D eigenvalue weighted by Gasteiger charge is -2.11. The summed E-state index contributed by atoms with van der Waals surface area (Å²) in [5.41, 5.74) is 1.14. The van der Waals surface area contributed by atoms with Gasteiger partial charge in [-0.3, -0.25) is 4.99 Å². The molecule has 6 heteroatoms. The molecule has 1 aromatic heterocycles. The molecule has 126 valence electrons. The molecule has 0 aliphatic heterocycles. The molecule has 1 aromatic carbocycles. The molecule has 0 atom stereocenters. The van der Waals surface area contributed by atoms with Crippen molar-refractivity contribution in [1.29, 1.82) is 0 Å². The van der Waals surface area contributed by atoms with Crippen molar-refractivity contribution in [2.24, 2.45) is 4.99 Å². The van der Waals surface area contributed by atoms with Crippen molar-refractivity contribution < 1.29 is 4.42 Å². The van der Waals surface area contributed by atoms with Crippen molar-refractivity contribution in [2.45, 2.75) is 19.8 Å². The van der Waals surface area contributed by atoms with Crippen molar-refractivity contribution >= 4 is 41.5 Å². The van der Waals surface area contributed by atoms with Crippen molar-refractivity contribution in [1.82, 2.24) is 10.6 Å². The van der Waals surface area contributed by atoms with E-state index in [4.69, 9.17) is 16.0 Å². The average molecular weight is 448 g/mol. The van der Waals surface area contributed by atoms with Crippen LogP contribution in [0.15, 0.2) is 52.1 Å². The predicted octanol–water partition coefficient (Wildman–Crippen LogP) is 3.89. The summed E-state index contributed by atoms with van der Waals surface area (Å²) in [7, 11) is 0. The van der Waals surface area contributed by atoms with Crippen LogP contribution in [0.2, 0.25) is 5.02 Å². The molecule has 0 saturated carbocycles. The zero-order valence-electron chi connectivity index (χ0n) is 13.2. The number of hydrogen-bond acceptors (Lipinski definition) is 2. The fraction of sp³-hybridized carbons (Fsp3) is 0.353. The van der Waals surface area contributed by atoms with Crippen LogP contribution in [-0.4, -0.2) is 25.6 Å². The molecule has 23 heavy (non-hydrogen) atoms. The Morgan fingerprint density at radius 1 is 1.13 bits per heavy atom. The van der Waals surface area contributed by atoms with Crippen LogP contribution in [0.1, 0.15) is 18.2 Å². The molecule has 2 rings (SSSR count). The lowest BCUT2D eigenvalue weighted by atomic mass is 10.1. The van der Waals surface area contributed by atoms with Gasteiger partial charge in [-0.25, -0.2) is 0 Å². The van der Waals surface area contributed by atoms with E-state index < -0.39 is 0 Å². The van der Waals surface area contributed by atoms with E-state index in [-0.39, 0.29) is 24.0 Å². The molecule has 0 radical (unpaired) electrons. The highest BCUT2D eigenvalue weighted by atomic mass is 127. The van der Waals surface area contributed by atoms with E-state index >= 15 is 0 Å². The van der Waals surface area contributed by atoms with Gasteiger partial charge in [0.15, 0.2) is 5.96 Å². The Morgan fingerprint density at radius 2 is 1.96 bits per heavy atom. The van der Waals surface area contributed by atoms with Gasteiger partial charge in [-0.05, 0) is 37.1 Å². The van der Waals surface area contributed by atoms with Crippen LogP contribution < -0.4 is 10.6 Å². The molecule has 0 amide bonds. The fourth-order valence-corrected chi connectivity index (χ4v) is 2.32. The van der Waals surface area contributed by atoms with E-state index in [9.17, 15) is 0 Å². The monoisotopic (exact) mass is 447 g/mol. The van der Waals surface area contributed by atoms with E-state index in [0.717, 1.165) is 48.2 Å². The van der Waals surface area contributed by atoms with Gasteiger partial charge in [0.05, 0.1) is 6.26 Å². The van der Waals surface area contributed by atoms with Crippen molar-refractivity contribution in [3.05, 3.63) is 59.0 Å². The van der Waals surface area contributed by atoms with Gasteiger partial charge < -0.3 is 15.1 Å². The molecule has 0 spiro atoms. The molecule has 0 aliphatic carbocycles. The summed E-state index contributed by atoms with van der Waals surface area (Å²) < 4.78 is 5.30. The normalized spacial score (nSPS) is 11.0. The van der Waals surface area contributed by atoms with Gasteiger partial charge >= 0.3 is 0 Å². The van der Waals surface area contributed by atoms with E-state index in [0.29, 0.717) is 6.54 Å². The van der Waals surface area contributed by atoms with Crippen molar-refractivity contribution in [2.75, 3.05) is 19.6 Å². The summed E-state index contributed by atoms with van der Waals surface area (Å²) in [5.74, 6) is 1.77. The summed E-state index contributed by atoms with van der Waals surface area (Å²) >= 11 is 6.16. The smallest absolute Gasteiger partial charge is 0.191 e. The Kier molecular flexibility index (Phi) is 9.78. The number of nitrogens with one attached hydrogen (secondary N) is 2. The fourth-order valence-electron chi connectivity index (χ4n) is 2.09. The Balaban J connectivity index is 0.00000264. The predicted molar refractivity (Wildman–Crippen MR) is 107 cm³/mol. The van der Waals surface area contributed by atoms with Gasteiger partial charge in [-0.2, -0.15) is 0 Å². The van der Waals surface area contributed by atoms with Gasteiger partial charge in [-0.1, -0.05) is 29.8 Å². The van der Waals surface area contributed by atoms with Crippen LogP contribution in [0.4, 0.5) is 0 Å². The third kappa shape index (κ3) is 7.26. The summed E-state index contributed by atoms with van der Waals surface area (Å²) in [6.07, 6.45) is 3.35. The van der Waals surface area contributed by atoms with E-state index in [2.05, 4.69) is 22.5 Å². The molecule has 2 N–H and O–H groups in total. The highest BCUT2D eigenvalue weighted by Crippen LogP contribution is 2.14. The quantitative estimate of drug-likeness (QED) is 0.385. The minimum Gasteiger partial charge on any atom is -0.469 e. The number of benzene rings is 1. The van der Waals surface area contributed by atoms with E-state index in [1.165, 1.54) is 0 Å². The zero-order chi connectivity index (χ0) is 15.6. The molecule has 0 bridgehead atoms. The first-order valence-electron chi connectivity index (χ1n) is 7.57. The molecule has 0 unspecified atom stereocenters. The molecule has 2 aromatic rings. The van der Waals surface area contributed by atoms with Gasteiger partial charge in [0.2, 0.25) is 0 Å². The first-order chi connectivity index (χ1) is 10.8. The standard InChI is InChI=1S/C17H22ClN3O.HI/c1-2-19-17(21-12-10-15-7-5-13-22-15)20-11-9-14-6-3-4-8-16(14)18;/h3-8,13H,2,9-12H2,1H3,(H2,19,20,21);1H. The topological polar surface area (TPSA) is 49.6 Å². The average Bonchev–Trinajstić information content (AvgIpc) is 3.02. The molecule has 0 fully saturated rings. The Labute approximate surface area is 159 Å².